The Bertz CT molecular complexity index is 1310. The Morgan fingerprint density at radius 1 is 0.578 bits per heavy atom. The van der Waals surface area contributed by atoms with Crippen molar-refractivity contribution in [2.45, 2.75) is 77.0 Å². The molecule has 0 amide bonds. The van der Waals surface area contributed by atoms with Crippen molar-refractivity contribution in [1.29, 1.82) is 0 Å². The van der Waals surface area contributed by atoms with E-state index in [0.717, 1.165) is 54.4 Å². The molecular formula is C40H46O5. The van der Waals surface area contributed by atoms with Gasteiger partial charge < -0.3 is 24.1 Å². The van der Waals surface area contributed by atoms with Crippen LogP contribution in [-0.4, -0.2) is 23.8 Å². The maximum atomic E-state index is 10.4. The lowest BCUT2D eigenvalue weighted by Gasteiger charge is -2.38. The first-order valence-corrected chi connectivity index (χ1v) is 16.2. The SMILES string of the molecule is OCC(CCCC(OCc1ccccc1)OCc1ccccc1)C1=CCC(OCc2ccccc2)(OCc2ccccc2)CC1. The Balaban J connectivity index is 1.17. The monoisotopic (exact) mass is 606 g/mol. The van der Waals surface area contributed by atoms with Crippen LogP contribution in [-0.2, 0) is 45.4 Å². The van der Waals surface area contributed by atoms with Crippen LogP contribution in [0.15, 0.2) is 133 Å². The maximum absolute atomic E-state index is 10.4. The van der Waals surface area contributed by atoms with Crippen molar-refractivity contribution in [2.75, 3.05) is 6.61 Å². The fraction of sp³-hybridized carbons (Fsp3) is 0.350. The summed E-state index contributed by atoms with van der Waals surface area (Å²) in [5, 5.41) is 10.4. The average molecular weight is 607 g/mol. The Kier molecular flexibility index (Phi) is 13.0. The molecule has 1 N–H and O–H groups in total. The molecule has 0 saturated carbocycles. The van der Waals surface area contributed by atoms with Crippen LogP contribution in [0.1, 0.15) is 60.8 Å². The van der Waals surface area contributed by atoms with E-state index in [0.29, 0.717) is 32.8 Å². The van der Waals surface area contributed by atoms with Gasteiger partial charge in [0.1, 0.15) is 0 Å². The number of aliphatic hydroxyl groups is 1. The van der Waals surface area contributed by atoms with Gasteiger partial charge in [0.05, 0.1) is 26.4 Å². The van der Waals surface area contributed by atoms with E-state index in [1.807, 2.05) is 72.8 Å². The summed E-state index contributed by atoms with van der Waals surface area (Å²) in [6.07, 6.45) is 6.66. The molecule has 0 aromatic heterocycles. The highest BCUT2D eigenvalue weighted by Gasteiger charge is 2.35. The second-order valence-electron chi connectivity index (χ2n) is 11.8. The van der Waals surface area contributed by atoms with E-state index < -0.39 is 5.79 Å². The minimum atomic E-state index is -0.698. The van der Waals surface area contributed by atoms with E-state index >= 15 is 0 Å². The number of hydrogen-bond acceptors (Lipinski definition) is 5. The Morgan fingerprint density at radius 2 is 1.02 bits per heavy atom. The van der Waals surface area contributed by atoms with Crippen LogP contribution >= 0.6 is 0 Å². The zero-order valence-corrected chi connectivity index (χ0v) is 26.1. The Hall–Kier alpha value is -3.58. The molecule has 0 saturated heterocycles. The lowest BCUT2D eigenvalue weighted by Crippen LogP contribution is -2.38. The van der Waals surface area contributed by atoms with Crippen LogP contribution in [0.3, 0.4) is 0 Å². The van der Waals surface area contributed by atoms with Crippen molar-refractivity contribution in [3.63, 3.8) is 0 Å². The van der Waals surface area contributed by atoms with Gasteiger partial charge in [0.25, 0.3) is 0 Å². The maximum Gasteiger partial charge on any atom is 0.172 e. The number of rotatable bonds is 18. The van der Waals surface area contributed by atoms with Gasteiger partial charge in [-0.15, -0.1) is 0 Å². The van der Waals surface area contributed by atoms with E-state index in [2.05, 4.69) is 54.6 Å². The normalized spacial score (nSPS) is 15.1. The Morgan fingerprint density at radius 3 is 1.42 bits per heavy atom. The average Bonchev–Trinajstić information content (AvgIpc) is 3.11. The Labute approximate surface area is 268 Å². The van der Waals surface area contributed by atoms with Gasteiger partial charge >= 0.3 is 0 Å². The summed E-state index contributed by atoms with van der Waals surface area (Å²) >= 11 is 0. The molecule has 0 bridgehead atoms. The first-order chi connectivity index (χ1) is 22.2. The molecule has 1 atom stereocenters. The third-order valence-electron chi connectivity index (χ3n) is 8.45. The van der Waals surface area contributed by atoms with Crippen molar-refractivity contribution in [3.05, 3.63) is 155 Å². The lowest BCUT2D eigenvalue weighted by atomic mass is 9.84. The summed E-state index contributed by atoms with van der Waals surface area (Å²) in [4.78, 5) is 0. The van der Waals surface area contributed by atoms with E-state index in [9.17, 15) is 5.11 Å². The van der Waals surface area contributed by atoms with Gasteiger partial charge in [0.15, 0.2) is 12.1 Å². The van der Waals surface area contributed by atoms with E-state index in [-0.39, 0.29) is 18.8 Å². The summed E-state index contributed by atoms with van der Waals surface area (Å²) in [5.41, 5.74) is 5.79. The van der Waals surface area contributed by atoms with E-state index in [1.54, 1.807) is 0 Å². The van der Waals surface area contributed by atoms with Crippen molar-refractivity contribution in [1.82, 2.24) is 0 Å². The third kappa shape index (κ3) is 10.8. The fourth-order valence-corrected chi connectivity index (χ4v) is 5.74. The van der Waals surface area contributed by atoms with Crippen LogP contribution in [0.5, 0.6) is 0 Å². The fourth-order valence-electron chi connectivity index (χ4n) is 5.74. The standard InChI is InChI=1S/C40H46O5/c41-28-38(22-13-23-39(42-29-33-14-5-1-6-15-33)43-30-34-16-7-2-8-17-34)37-24-26-40(27-25-37,44-31-35-18-9-3-10-19-35)45-32-36-20-11-4-12-21-36/h1-12,14-21,24,38-39,41H,13,22-23,25-32H2. The molecule has 5 heteroatoms. The molecule has 0 heterocycles. The van der Waals surface area contributed by atoms with Gasteiger partial charge in [-0.05, 0) is 47.9 Å². The molecule has 5 nitrogen and oxygen atoms in total. The second-order valence-corrected chi connectivity index (χ2v) is 11.8. The van der Waals surface area contributed by atoms with Crippen LogP contribution < -0.4 is 0 Å². The van der Waals surface area contributed by atoms with Gasteiger partial charge in [0, 0.05) is 25.4 Å². The summed E-state index contributed by atoms with van der Waals surface area (Å²) in [6.45, 7) is 2.12. The minimum absolute atomic E-state index is 0.0927. The zero-order valence-electron chi connectivity index (χ0n) is 26.1. The molecule has 4 aromatic rings. The molecule has 4 aromatic carbocycles. The van der Waals surface area contributed by atoms with Crippen LogP contribution in [0.4, 0.5) is 0 Å². The van der Waals surface area contributed by atoms with E-state index in [4.69, 9.17) is 18.9 Å². The largest absolute Gasteiger partial charge is 0.396 e. The van der Waals surface area contributed by atoms with Crippen molar-refractivity contribution < 1.29 is 24.1 Å². The summed E-state index contributed by atoms with van der Waals surface area (Å²) in [6, 6.07) is 40.9. The first kappa shape index (κ1) is 32.8. The predicted octanol–water partition coefficient (Wildman–Crippen LogP) is 8.77. The van der Waals surface area contributed by atoms with Crippen molar-refractivity contribution in [3.8, 4) is 0 Å². The highest BCUT2D eigenvalue weighted by molar-refractivity contribution is 5.17. The van der Waals surface area contributed by atoms with Crippen LogP contribution in [0, 0.1) is 5.92 Å². The molecule has 0 radical (unpaired) electrons. The molecule has 1 aliphatic rings. The topological polar surface area (TPSA) is 57.2 Å². The third-order valence-corrected chi connectivity index (χ3v) is 8.45. The summed E-state index contributed by atoms with van der Waals surface area (Å²) < 4.78 is 25.5. The highest BCUT2D eigenvalue weighted by Crippen LogP contribution is 2.37. The van der Waals surface area contributed by atoms with Gasteiger partial charge in [-0.3, -0.25) is 0 Å². The van der Waals surface area contributed by atoms with Crippen LogP contribution in [0.2, 0.25) is 0 Å². The van der Waals surface area contributed by atoms with Gasteiger partial charge in [0.2, 0.25) is 0 Å². The molecule has 5 rings (SSSR count). The molecule has 1 unspecified atom stereocenters. The predicted molar refractivity (Wildman–Crippen MR) is 178 cm³/mol. The minimum Gasteiger partial charge on any atom is -0.396 e. The molecule has 45 heavy (non-hydrogen) atoms. The molecule has 0 fully saturated rings. The summed E-state index contributed by atoms with van der Waals surface area (Å²) in [7, 11) is 0. The van der Waals surface area contributed by atoms with Crippen LogP contribution in [0.25, 0.3) is 0 Å². The number of ether oxygens (including phenoxy) is 4. The van der Waals surface area contributed by atoms with Gasteiger partial charge in [-0.2, -0.15) is 0 Å². The lowest BCUT2D eigenvalue weighted by molar-refractivity contribution is -0.254. The molecule has 236 valence electrons. The van der Waals surface area contributed by atoms with Gasteiger partial charge in [-0.1, -0.05) is 133 Å². The van der Waals surface area contributed by atoms with E-state index in [1.165, 1.54) is 5.57 Å². The van der Waals surface area contributed by atoms with Gasteiger partial charge in [-0.25, -0.2) is 0 Å². The molecule has 1 aliphatic carbocycles. The second kappa shape index (κ2) is 17.8. The smallest absolute Gasteiger partial charge is 0.172 e. The zero-order chi connectivity index (χ0) is 31.0. The van der Waals surface area contributed by atoms with Crippen molar-refractivity contribution >= 4 is 0 Å². The number of aliphatic hydroxyl groups excluding tert-OH is 1. The number of benzene rings is 4. The molecular weight excluding hydrogens is 560 g/mol. The quantitative estimate of drug-likeness (QED) is 0.0907. The molecule has 0 spiro atoms. The summed E-state index contributed by atoms with van der Waals surface area (Å²) in [5.74, 6) is -0.605. The highest BCUT2D eigenvalue weighted by atomic mass is 16.7. The van der Waals surface area contributed by atoms with Crippen molar-refractivity contribution in [2.24, 2.45) is 5.92 Å². The first-order valence-electron chi connectivity index (χ1n) is 16.2. The molecule has 0 aliphatic heterocycles. The number of hydrogen-bond donors (Lipinski definition) is 1.